The van der Waals surface area contributed by atoms with Gasteiger partial charge < -0.3 is 4.90 Å². The van der Waals surface area contributed by atoms with Crippen molar-refractivity contribution in [1.29, 1.82) is 0 Å². The van der Waals surface area contributed by atoms with Crippen molar-refractivity contribution < 1.29 is 0 Å². The Balaban J connectivity index is 2.36. The molecule has 0 N–H and O–H groups in total. The average Bonchev–Trinajstić information content (AvgIpc) is 2.08. The lowest BCUT2D eigenvalue weighted by Crippen LogP contribution is -2.37. The smallest absolute Gasteiger partial charge is 0.0142 e. The van der Waals surface area contributed by atoms with Gasteiger partial charge in [0.25, 0.3) is 0 Å². The van der Waals surface area contributed by atoms with Crippen LogP contribution in [0.1, 0.15) is 12.8 Å². The Hall–Kier alpha value is -0.120. The summed E-state index contributed by atoms with van der Waals surface area (Å²) in [6, 6.07) is 0. The second-order valence-corrected chi connectivity index (χ2v) is 3.77. The lowest BCUT2D eigenvalue weighted by atomic mass is 10.3. The maximum atomic E-state index is 2.42. The molecule has 3 heteroatoms. The Morgan fingerprint density at radius 2 is 1.08 bits per heavy atom. The van der Waals surface area contributed by atoms with E-state index in [1.165, 1.54) is 39.0 Å². The molecular weight excluding hydrogens is 150 g/mol. The van der Waals surface area contributed by atoms with Crippen LogP contribution in [0.5, 0.6) is 0 Å². The van der Waals surface area contributed by atoms with Crippen LogP contribution in [0.2, 0.25) is 0 Å². The Bertz CT molecular complexity index is 113. The van der Waals surface area contributed by atoms with Crippen LogP contribution in [0.3, 0.4) is 0 Å². The standard InChI is InChI=1S/C9H21N3/c1-10-6-4-8-11(2)12(3)9-5-7-10/h4-9H2,1-3H3. The molecule has 3 nitrogen and oxygen atoms in total. The van der Waals surface area contributed by atoms with Crippen LogP contribution < -0.4 is 0 Å². The molecule has 0 unspecified atom stereocenters. The van der Waals surface area contributed by atoms with E-state index in [-0.39, 0.29) is 0 Å². The Kier molecular flexibility index (Phi) is 3.98. The summed E-state index contributed by atoms with van der Waals surface area (Å²) in [4.78, 5) is 2.42. The van der Waals surface area contributed by atoms with Gasteiger partial charge in [0.15, 0.2) is 0 Å². The lowest BCUT2D eigenvalue weighted by Gasteiger charge is -2.26. The summed E-state index contributed by atoms with van der Waals surface area (Å²) in [5.41, 5.74) is 0. The first kappa shape index (κ1) is 9.96. The average molecular weight is 171 g/mol. The second-order valence-electron chi connectivity index (χ2n) is 3.77. The van der Waals surface area contributed by atoms with Crippen molar-refractivity contribution in [3.63, 3.8) is 0 Å². The van der Waals surface area contributed by atoms with Crippen LogP contribution in [-0.4, -0.2) is 62.2 Å². The number of hydrogen-bond donors (Lipinski definition) is 0. The van der Waals surface area contributed by atoms with E-state index in [1.54, 1.807) is 0 Å². The highest BCUT2D eigenvalue weighted by atomic mass is 15.6. The zero-order chi connectivity index (χ0) is 8.97. The normalized spacial score (nSPS) is 26.2. The van der Waals surface area contributed by atoms with Crippen molar-refractivity contribution in [2.75, 3.05) is 47.3 Å². The topological polar surface area (TPSA) is 9.72 Å². The van der Waals surface area contributed by atoms with Gasteiger partial charge >= 0.3 is 0 Å². The number of hydrazine groups is 1. The van der Waals surface area contributed by atoms with E-state index in [2.05, 4.69) is 36.1 Å². The maximum Gasteiger partial charge on any atom is 0.0142 e. The van der Waals surface area contributed by atoms with Crippen LogP contribution >= 0.6 is 0 Å². The van der Waals surface area contributed by atoms with Crippen LogP contribution in [0.4, 0.5) is 0 Å². The Morgan fingerprint density at radius 1 is 0.667 bits per heavy atom. The van der Waals surface area contributed by atoms with E-state index in [9.17, 15) is 0 Å². The fraction of sp³-hybridized carbons (Fsp3) is 1.00. The molecule has 1 saturated heterocycles. The molecule has 1 fully saturated rings. The SMILES string of the molecule is CN1CCCN(C)N(C)CCC1. The third-order valence-electron chi connectivity index (χ3n) is 2.63. The summed E-state index contributed by atoms with van der Waals surface area (Å²) < 4.78 is 0. The van der Waals surface area contributed by atoms with Crippen LogP contribution in [0, 0.1) is 0 Å². The molecule has 12 heavy (non-hydrogen) atoms. The van der Waals surface area contributed by atoms with Gasteiger partial charge in [0.05, 0.1) is 0 Å². The molecule has 1 aliphatic heterocycles. The van der Waals surface area contributed by atoms with Crippen molar-refractivity contribution in [3.8, 4) is 0 Å². The molecule has 1 rings (SSSR count). The van der Waals surface area contributed by atoms with Crippen molar-refractivity contribution in [3.05, 3.63) is 0 Å². The highest BCUT2D eigenvalue weighted by molar-refractivity contribution is 4.59. The maximum absolute atomic E-state index is 2.42. The summed E-state index contributed by atoms with van der Waals surface area (Å²) in [6.45, 7) is 4.83. The minimum absolute atomic E-state index is 1.18. The molecule has 0 spiro atoms. The molecule has 0 aromatic carbocycles. The zero-order valence-electron chi connectivity index (χ0n) is 8.58. The molecule has 72 valence electrons. The first-order valence-electron chi connectivity index (χ1n) is 4.81. The molecule has 0 atom stereocenters. The van der Waals surface area contributed by atoms with Gasteiger partial charge in [-0.15, -0.1) is 0 Å². The Morgan fingerprint density at radius 3 is 1.50 bits per heavy atom. The molecule has 0 aromatic heterocycles. The van der Waals surface area contributed by atoms with Gasteiger partial charge in [0.1, 0.15) is 0 Å². The molecule has 0 bridgehead atoms. The van der Waals surface area contributed by atoms with Crippen molar-refractivity contribution >= 4 is 0 Å². The molecule has 1 aliphatic rings. The van der Waals surface area contributed by atoms with Gasteiger partial charge in [0, 0.05) is 27.2 Å². The monoisotopic (exact) mass is 171 g/mol. The number of hydrogen-bond acceptors (Lipinski definition) is 3. The van der Waals surface area contributed by atoms with Gasteiger partial charge in [-0.05, 0) is 33.0 Å². The van der Waals surface area contributed by atoms with Crippen molar-refractivity contribution in [2.45, 2.75) is 12.8 Å². The van der Waals surface area contributed by atoms with E-state index in [4.69, 9.17) is 0 Å². The quantitative estimate of drug-likeness (QED) is 0.525. The van der Waals surface area contributed by atoms with Gasteiger partial charge in [0.2, 0.25) is 0 Å². The third-order valence-corrected chi connectivity index (χ3v) is 2.63. The lowest BCUT2D eigenvalue weighted by molar-refractivity contribution is 0.0288. The Labute approximate surface area is 75.9 Å². The minimum atomic E-state index is 1.18. The summed E-state index contributed by atoms with van der Waals surface area (Å²) in [5, 5.41) is 4.64. The fourth-order valence-corrected chi connectivity index (χ4v) is 1.59. The molecule has 0 saturated carbocycles. The largest absolute Gasteiger partial charge is 0.306 e. The molecule has 0 aliphatic carbocycles. The van der Waals surface area contributed by atoms with E-state index < -0.39 is 0 Å². The van der Waals surface area contributed by atoms with E-state index >= 15 is 0 Å². The summed E-state index contributed by atoms with van der Waals surface area (Å²) in [6.07, 6.45) is 2.55. The minimum Gasteiger partial charge on any atom is -0.306 e. The van der Waals surface area contributed by atoms with Crippen LogP contribution in [0.25, 0.3) is 0 Å². The third kappa shape index (κ3) is 3.09. The van der Waals surface area contributed by atoms with Crippen molar-refractivity contribution in [2.24, 2.45) is 0 Å². The van der Waals surface area contributed by atoms with Gasteiger partial charge in [-0.25, -0.2) is 10.0 Å². The van der Waals surface area contributed by atoms with E-state index in [0.29, 0.717) is 0 Å². The zero-order valence-corrected chi connectivity index (χ0v) is 8.58. The number of rotatable bonds is 0. The van der Waals surface area contributed by atoms with E-state index in [0.717, 1.165) is 0 Å². The van der Waals surface area contributed by atoms with Gasteiger partial charge in [-0.1, -0.05) is 0 Å². The second kappa shape index (κ2) is 4.80. The molecular formula is C9H21N3. The molecule has 0 amide bonds. The van der Waals surface area contributed by atoms with Gasteiger partial charge in [-0.3, -0.25) is 0 Å². The van der Waals surface area contributed by atoms with Crippen LogP contribution in [0.15, 0.2) is 0 Å². The highest BCUT2D eigenvalue weighted by Gasteiger charge is 2.09. The molecule has 0 radical (unpaired) electrons. The number of nitrogens with zero attached hydrogens (tertiary/aromatic N) is 3. The first-order valence-corrected chi connectivity index (χ1v) is 4.81. The predicted molar refractivity (Wildman–Crippen MR) is 52.0 cm³/mol. The molecule has 0 aromatic rings. The van der Waals surface area contributed by atoms with E-state index in [1.807, 2.05) is 0 Å². The van der Waals surface area contributed by atoms with Gasteiger partial charge in [-0.2, -0.15) is 0 Å². The summed E-state index contributed by atoms with van der Waals surface area (Å²) in [7, 11) is 6.56. The summed E-state index contributed by atoms with van der Waals surface area (Å²) in [5.74, 6) is 0. The predicted octanol–water partition coefficient (Wildman–Crippen LogP) is 0.491. The fourth-order valence-electron chi connectivity index (χ4n) is 1.59. The molecule has 1 heterocycles. The van der Waals surface area contributed by atoms with Crippen molar-refractivity contribution in [1.82, 2.24) is 14.9 Å². The highest BCUT2D eigenvalue weighted by Crippen LogP contribution is 2.00. The summed E-state index contributed by atoms with van der Waals surface area (Å²) >= 11 is 0. The van der Waals surface area contributed by atoms with Crippen LogP contribution in [-0.2, 0) is 0 Å². The first-order chi connectivity index (χ1) is 5.70.